The van der Waals surface area contributed by atoms with Gasteiger partial charge < -0.3 is 5.73 Å². The van der Waals surface area contributed by atoms with Gasteiger partial charge in [0.2, 0.25) is 0 Å². The summed E-state index contributed by atoms with van der Waals surface area (Å²) in [5.74, 6) is -0.283. The molecule has 1 aliphatic heterocycles. The lowest BCUT2D eigenvalue weighted by molar-refractivity contribution is 0.164. The first-order chi connectivity index (χ1) is 13.1. The lowest BCUT2D eigenvalue weighted by Crippen LogP contribution is -2.49. The zero-order valence-electron chi connectivity index (χ0n) is 15.5. The first-order valence-electron chi connectivity index (χ1n) is 9.30. The van der Waals surface area contributed by atoms with Gasteiger partial charge in [-0.2, -0.15) is 15.8 Å². The Hall–Kier alpha value is -3.07. The third kappa shape index (κ3) is 3.10. The number of hydrogen-bond acceptors (Lipinski definition) is 5. The Morgan fingerprint density at radius 2 is 1.89 bits per heavy atom. The fourth-order valence-corrected chi connectivity index (χ4v) is 4.39. The van der Waals surface area contributed by atoms with Crippen LogP contribution in [0.3, 0.4) is 0 Å². The number of rotatable bonds is 4. The van der Waals surface area contributed by atoms with Gasteiger partial charge in [0.05, 0.1) is 23.4 Å². The molecule has 3 rings (SSSR count). The van der Waals surface area contributed by atoms with E-state index in [9.17, 15) is 15.8 Å². The molecule has 5 heteroatoms. The fourth-order valence-electron chi connectivity index (χ4n) is 4.39. The number of nitriles is 3. The number of fused-ring (bicyclic) bond motifs is 1. The van der Waals surface area contributed by atoms with Crippen molar-refractivity contribution < 1.29 is 0 Å². The van der Waals surface area contributed by atoms with Crippen LogP contribution in [-0.2, 0) is 6.42 Å². The van der Waals surface area contributed by atoms with Crippen molar-refractivity contribution >= 4 is 0 Å². The molecule has 0 saturated carbocycles. The molecule has 1 aliphatic carbocycles. The summed E-state index contributed by atoms with van der Waals surface area (Å²) in [6, 6.07) is 16.6. The predicted molar refractivity (Wildman–Crippen MR) is 102 cm³/mol. The van der Waals surface area contributed by atoms with Gasteiger partial charge in [0.1, 0.15) is 6.07 Å². The van der Waals surface area contributed by atoms with Crippen molar-refractivity contribution in [1.82, 2.24) is 4.90 Å². The van der Waals surface area contributed by atoms with Crippen LogP contribution in [0.4, 0.5) is 0 Å². The lowest BCUT2D eigenvalue weighted by atomic mass is 9.58. The van der Waals surface area contributed by atoms with Gasteiger partial charge in [-0.25, -0.2) is 0 Å². The molecule has 5 nitrogen and oxygen atoms in total. The molecule has 136 valence electrons. The highest BCUT2D eigenvalue weighted by molar-refractivity contribution is 5.56. The van der Waals surface area contributed by atoms with Crippen molar-refractivity contribution in [3.63, 3.8) is 0 Å². The topological polar surface area (TPSA) is 101 Å². The Balaban J connectivity index is 2.07. The zero-order chi connectivity index (χ0) is 19.4. The molecule has 2 atom stereocenters. The minimum absolute atomic E-state index is 0.0383. The number of benzene rings is 1. The molecule has 1 aromatic rings. The maximum Gasteiger partial charge on any atom is 0.187 e. The number of allylic oxidation sites excluding steroid dienone is 2. The Bertz CT molecular complexity index is 877. The van der Waals surface area contributed by atoms with Crippen molar-refractivity contribution in [2.75, 3.05) is 19.6 Å². The fraction of sp³-hybridized carbons (Fsp3) is 0.409. The van der Waals surface area contributed by atoms with E-state index >= 15 is 0 Å². The number of aryl methyl sites for hydroxylation is 1. The second-order valence-electron chi connectivity index (χ2n) is 7.18. The highest BCUT2D eigenvalue weighted by Crippen LogP contribution is 2.50. The third-order valence-electron chi connectivity index (χ3n) is 5.95. The van der Waals surface area contributed by atoms with Gasteiger partial charge >= 0.3 is 0 Å². The van der Waals surface area contributed by atoms with Gasteiger partial charge in [0.15, 0.2) is 5.41 Å². The van der Waals surface area contributed by atoms with Crippen LogP contribution in [0.25, 0.3) is 0 Å². The first kappa shape index (κ1) is 18.7. The third-order valence-corrected chi connectivity index (χ3v) is 5.95. The number of nitrogens with zero attached hydrogens (tertiary/aromatic N) is 4. The highest BCUT2D eigenvalue weighted by Gasteiger charge is 2.53. The zero-order valence-corrected chi connectivity index (χ0v) is 15.5. The number of hydrogen-bond donors (Lipinski definition) is 1. The molecule has 0 amide bonds. The standard InChI is InChI=1S/C22H23N5/c1-2-27-11-10-17-18(12-23)21(26)22(14-24,15-25)20(19(17)13-27)9-8-16-6-4-3-5-7-16/h3-7,10,19-20H,2,8-9,11,13,26H2,1H3/t19-,20+/m1/s1. The van der Waals surface area contributed by atoms with E-state index in [0.717, 1.165) is 31.6 Å². The smallest absolute Gasteiger partial charge is 0.187 e. The maximum absolute atomic E-state index is 9.98. The van der Waals surface area contributed by atoms with Crippen LogP contribution >= 0.6 is 0 Å². The summed E-state index contributed by atoms with van der Waals surface area (Å²) in [5.41, 5.74) is 7.36. The van der Waals surface area contributed by atoms with Crippen LogP contribution in [0.5, 0.6) is 0 Å². The Morgan fingerprint density at radius 1 is 1.19 bits per heavy atom. The number of nitrogens with two attached hydrogens (primary N) is 1. The molecule has 1 heterocycles. The molecule has 27 heavy (non-hydrogen) atoms. The molecule has 0 radical (unpaired) electrons. The van der Waals surface area contributed by atoms with Gasteiger partial charge in [-0.15, -0.1) is 0 Å². The number of likely N-dealkylation sites (N-methyl/N-ethyl adjacent to an activating group) is 1. The van der Waals surface area contributed by atoms with E-state index in [4.69, 9.17) is 5.73 Å². The van der Waals surface area contributed by atoms with Crippen LogP contribution in [0.2, 0.25) is 0 Å². The molecule has 2 aliphatic rings. The Morgan fingerprint density at radius 3 is 2.48 bits per heavy atom. The molecule has 0 saturated heterocycles. The van der Waals surface area contributed by atoms with Crippen LogP contribution in [0, 0.1) is 51.2 Å². The van der Waals surface area contributed by atoms with Crippen molar-refractivity contribution in [1.29, 1.82) is 15.8 Å². The normalized spacial score (nSPS) is 24.1. The quantitative estimate of drug-likeness (QED) is 0.893. The summed E-state index contributed by atoms with van der Waals surface area (Å²) >= 11 is 0. The van der Waals surface area contributed by atoms with Gasteiger partial charge in [-0.05, 0) is 30.5 Å². The largest absolute Gasteiger partial charge is 0.399 e. The van der Waals surface area contributed by atoms with E-state index in [1.54, 1.807) is 0 Å². The molecule has 2 N–H and O–H groups in total. The van der Waals surface area contributed by atoms with Crippen LogP contribution in [0.15, 0.2) is 53.3 Å². The predicted octanol–water partition coefficient (Wildman–Crippen LogP) is 2.90. The van der Waals surface area contributed by atoms with Crippen molar-refractivity contribution in [3.05, 3.63) is 58.8 Å². The summed E-state index contributed by atoms with van der Waals surface area (Å²) in [7, 11) is 0. The molecule has 0 spiro atoms. The Labute approximate surface area is 160 Å². The molecule has 0 fully saturated rings. The minimum atomic E-state index is -1.46. The molecular formula is C22H23N5. The summed E-state index contributed by atoms with van der Waals surface area (Å²) in [5, 5.41) is 29.6. The molecular weight excluding hydrogens is 334 g/mol. The van der Waals surface area contributed by atoms with E-state index in [1.807, 2.05) is 18.2 Å². The van der Waals surface area contributed by atoms with Gasteiger partial charge in [-0.3, -0.25) is 4.90 Å². The van der Waals surface area contributed by atoms with Gasteiger partial charge in [-0.1, -0.05) is 43.3 Å². The average Bonchev–Trinajstić information content (AvgIpc) is 2.72. The van der Waals surface area contributed by atoms with Gasteiger partial charge in [0, 0.05) is 24.9 Å². The monoisotopic (exact) mass is 357 g/mol. The van der Waals surface area contributed by atoms with E-state index < -0.39 is 5.41 Å². The SMILES string of the molecule is CCN1CC=C2C(C#N)=C(N)C(C#N)(C#N)[C@@H](CCc3ccccc3)[C@@H]2C1. The molecule has 1 aromatic carbocycles. The molecule has 0 unspecified atom stereocenters. The average molecular weight is 357 g/mol. The van der Waals surface area contributed by atoms with Gasteiger partial charge in [0.25, 0.3) is 0 Å². The maximum atomic E-state index is 9.98. The van der Waals surface area contributed by atoms with E-state index in [1.165, 1.54) is 5.56 Å². The summed E-state index contributed by atoms with van der Waals surface area (Å²) < 4.78 is 0. The van der Waals surface area contributed by atoms with Crippen LogP contribution in [-0.4, -0.2) is 24.5 Å². The van der Waals surface area contributed by atoms with Crippen molar-refractivity contribution in [3.8, 4) is 18.2 Å². The minimum Gasteiger partial charge on any atom is -0.399 e. The molecule has 0 bridgehead atoms. The highest BCUT2D eigenvalue weighted by atomic mass is 15.1. The van der Waals surface area contributed by atoms with Crippen molar-refractivity contribution in [2.45, 2.75) is 19.8 Å². The lowest BCUT2D eigenvalue weighted by Gasteiger charge is -2.45. The summed E-state index contributed by atoms with van der Waals surface area (Å²) in [6.07, 6.45) is 3.49. The van der Waals surface area contributed by atoms with Crippen molar-refractivity contribution in [2.24, 2.45) is 23.0 Å². The first-order valence-corrected chi connectivity index (χ1v) is 9.30. The Kier molecular flexibility index (Phi) is 5.31. The summed E-state index contributed by atoms with van der Waals surface area (Å²) in [6.45, 7) is 4.49. The molecule has 0 aromatic heterocycles. The second kappa shape index (κ2) is 7.67. The summed E-state index contributed by atoms with van der Waals surface area (Å²) in [4.78, 5) is 2.28. The van der Waals surface area contributed by atoms with E-state index in [0.29, 0.717) is 12.0 Å². The van der Waals surface area contributed by atoms with Crippen LogP contribution in [0.1, 0.15) is 18.9 Å². The second-order valence-corrected chi connectivity index (χ2v) is 7.18. The van der Waals surface area contributed by atoms with Crippen LogP contribution < -0.4 is 5.73 Å². The van der Waals surface area contributed by atoms with E-state index in [-0.39, 0.29) is 17.5 Å². The van der Waals surface area contributed by atoms with E-state index in [2.05, 4.69) is 48.2 Å².